The second-order valence-electron chi connectivity index (χ2n) is 6.22. The molecule has 1 atom stereocenters. The van der Waals surface area contributed by atoms with Crippen LogP contribution >= 0.6 is 0 Å². The zero-order valence-corrected chi connectivity index (χ0v) is 15.5. The van der Waals surface area contributed by atoms with E-state index < -0.39 is 5.60 Å². The van der Waals surface area contributed by atoms with Crippen molar-refractivity contribution in [3.8, 4) is 0 Å². The summed E-state index contributed by atoms with van der Waals surface area (Å²) in [5, 5.41) is 20.2. The lowest BCUT2D eigenvalue weighted by atomic mass is 10.0. The van der Waals surface area contributed by atoms with Gasteiger partial charge in [0.1, 0.15) is 17.2 Å². The van der Waals surface area contributed by atoms with E-state index in [0.29, 0.717) is 11.7 Å². The van der Waals surface area contributed by atoms with Gasteiger partial charge in [-0.2, -0.15) is 0 Å². The minimum absolute atomic E-state index is 0.219. The molecule has 0 aromatic carbocycles. The first kappa shape index (κ1) is 19.8. The molecule has 0 aliphatic rings. The number of hydrogen-bond acceptors (Lipinski definition) is 5. The molecule has 4 N–H and O–H groups in total. The Bertz CT molecular complexity index is 641. The van der Waals surface area contributed by atoms with Crippen LogP contribution in [0.15, 0.2) is 52.2 Å². The van der Waals surface area contributed by atoms with E-state index >= 15 is 0 Å². The van der Waals surface area contributed by atoms with E-state index in [1.54, 1.807) is 31.5 Å². The maximum absolute atomic E-state index is 10.5. The molecule has 0 radical (unpaired) electrons. The van der Waals surface area contributed by atoms with Gasteiger partial charge in [-0.1, -0.05) is 6.07 Å². The minimum atomic E-state index is -1.13. The predicted molar refractivity (Wildman–Crippen MR) is 104 cm³/mol. The van der Waals surface area contributed by atoms with Crippen molar-refractivity contribution >= 4 is 11.8 Å². The largest absolute Gasteiger partial charge is 0.466 e. The number of furan rings is 1. The van der Waals surface area contributed by atoms with Crippen LogP contribution in [0.25, 0.3) is 0 Å². The summed E-state index contributed by atoms with van der Waals surface area (Å²) in [6.07, 6.45) is 5.35. The summed E-state index contributed by atoms with van der Waals surface area (Å²) >= 11 is 0. The van der Waals surface area contributed by atoms with Crippen molar-refractivity contribution in [1.82, 2.24) is 15.6 Å². The maximum atomic E-state index is 10.5. The van der Waals surface area contributed by atoms with Crippen LogP contribution in [0.1, 0.15) is 32.4 Å². The van der Waals surface area contributed by atoms with E-state index in [1.165, 1.54) is 0 Å². The molecule has 2 heterocycles. The lowest BCUT2D eigenvalue weighted by molar-refractivity contribution is 0.0437. The second-order valence-corrected chi connectivity index (χ2v) is 6.22. The van der Waals surface area contributed by atoms with Crippen LogP contribution in [0.4, 0.5) is 5.82 Å². The van der Waals surface area contributed by atoms with E-state index in [2.05, 4.69) is 25.9 Å². The lowest BCUT2D eigenvalue weighted by Gasteiger charge is -2.19. The van der Waals surface area contributed by atoms with Crippen molar-refractivity contribution in [2.45, 2.75) is 32.3 Å². The van der Waals surface area contributed by atoms with Crippen molar-refractivity contribution in [1.29, 1.82) is 0 Å². The van der Waals surface area contributed by atoms with Gasteiger partial charge < -0.3 is 25.5 Å². The zero-order valence-electron chi connectivity index (χ0n) is 15.5. The molecular weight excluding hydrogens is 330 g/mol. The van der Waals surface area contributed by atoms with Gasteiger partial charge in [0.2, 0.25) is 0 Å². The summed E-state index contributed by atoms with van der Waals surface area (Å²) in [6, 6.07) is 9.34. The number of pyridine rings is 1. The summed E-state index contributed by atoms with van der Waals surface area (Å²) in [7, 11) is 0. The first-order valence-electron chi connectivity index (χ1n) is 9.05. The third-order valence-corrected chi connectivity index (χ3v) is 3.81. The number of aromatic nitrogens is 1. The van der Waals surface area contributed by atoms with E-state index in [-0.39, 0.29) is 6.54 Å². The molecule has 2 aromatic rings. The van der Waals surface area contributed by atoms with Gasteiger partial charge in [-0.3, -0.25) is 0 Å². The number of aliphatic imine (C=N–C) groups is 1. The average Bonchev–Trinajstić information content (AvgIpc) is 3.19. The van der Waals surface area contributed by atoms with E-state index in [9.17, 15) is 5.11 Å². The third-order valence-electron chi connectivity index (χ3n) is 3.81. The molecule has 0 fully saturated rings. The normalized spacial score (nSPS) is 13.9. The highest BCUT2D eigenvalue weighted by Crippen LogP contribution is 2.20. The number of unbranched alkanes of at least 4 members (excludes halogenated alkanes) is 1. The Labute approximate surface area is 154 Å². The molecule has 26 heavy (non-hydrogen) atoms. The molecule has 0 aliphatic heterocycles. The highest BCUT2D eigenvalue weighted by Gasteiger charge is 2.25. The van der Waals surface area contributed by atoms with Crippen LogP contribution in [0, 0.1) is 0 Å². The number of hydrogen-bond donors (Lipinski definition) is 4. The summed E-state index contributed by atoms with van der Waals surface area (Å²) in [6.45, 7) is 6.37. The van der Waals surface area contributed by atoms with Crippen molar-refractivity contribution < 1.29 is 9.52 Å². The standard InChI is InChI=1S/C19H29N5O2/c1-3-20-18(24-15-19(2,25)16-9-8-14-26-16)23-13-7-6-12-22-17-10-4-5-11-21-17/h4-5,8-11,14,25H,3,6-7,12-13,15H2,1-2H3,(H,21,22)(H2,20,23,24). The predicted octanol–water partition coefficient (Wildman–Crippen LogP) is 2.33. The van der Waals surface area contributed by atoms with Gasteiger partial charge in [0.05, 0.1) is 12.8 Å². The molecule has 2 rings (SSSR count). The molecule has 7 nitrogen and oxygen atoms in total. The Balaban J connectivity index is 1.70. The fraction of sp³-hybridized carbons (Fsp3) is 0.474. The second kappa shape index (κ2) is 10.5. The van der Waals surface area contributed by atoms with E-state index in [0.717, 1.165) is 38.3 Å². The van der Waals surface area contributed by atoms with Gasteiger partial charge in [0.15, 0.2) is 5.96 Å². The summed E-state index contributed by atoms with van der Waals surface area (Å²) in [4.78, 5) is 8.70. The number of anilines is 1. The van der Waals surface area contributed by atoms with Crippen LogP contribution in [0.2, 0.25) is 0 Å². The molecular formula is C19H29N5O2. The van der Waals surface area contributed by atoms with Crippen LogP contribution in [-0.2, 0) is 5.60 Å². The van der Waals surface area contributed by atoms with Gasteiger partial charge in [-0.05, 0) is 51.0 Å². The monoisotopic (exact) mass is 359 g/mol. The first-order chi connectivity index (χ1) is 12.6. The molecule has 7 heteroatoms. The number of nitrogens with one attached hydrogen (secondary N) is 3. The van der Waals surface area contributed by atoms with Gasteiger partial charge in [0, 0.05) is 25.8 Å². The topological polar surface area (TPSA) is 94.7 Å². The molecule has 2 aromatic heterocycles. The van der Waals surface area contributed by atoms with Crippen LogP contribution in [-0.4, -0.2) is 42.2 Å². The number of nitrogens with zero attached hydrogens (tertiary/aromatic N) is 2. The molecule has 0 amide bonds. The third kappa shape index (κ3) is 6.76. The van der Waals surface area contributed by atoms with Crippen LogP contribution in [0.3, 0.4) is 0 Å². The minimum Gasteiger partial charge on any atom is -0.466 e. The van der Waals surface area contributed by atoms with E-state index in [4.69, 9.17) is 4.42 Å². The fourth-order valence-corrected chi connectivity index (χ4v) is 2.38. The highest BCUT2D eigenvalue weighted by atomic mass is 16.4. The number of guanidine groups is 1. The molecule has 0 bridgehead atoms. The molecule has 0 spiro atoms. The first-order valence-corrected chi connectivity index (χ1v) is 9.05. The Kier molecular flexibility index (Phi) is 7.95. The van der Waals surface area contributed by atoms with Gasteiger partial charge in [-0.15, -0.1) is 0 Å². The average molecular weight is 359 g/mol. The van der Waals surface area contributed by atoms with E-state index in [1.807, 2.05) is 25.1 Å². The molecule has 0 aliphatic carbocycles. The van der Waals surface area contributed by atoms with Crippen LogP contribution < -0.4 is 16.0 Å². The molecule has 0 saturated carbocycles. The van der Waals surface area contributed by atoms with Gasteiger partial charge in [-0.25, -0.2) is 9.98 Å². The number of rotatable bonds is 10. The summed E-state index contributed by atoms with van der Waals surface area (Å²) in [5.41, 5.74) is -1.13. The maximum Gasteiger partial charge on any atom is 0.191 e. The summed E-state index contributed by atoms with van der Waals surface area (Å²) in [5.74, 6) is 2.10. The SMILES string of the molecule is CCNC(=NCC(C)(O)c1ccco1)NCCCCNc1ccccn1. The van der Waals surface area contributed by atoms with Crippen molar-refractivity contribution in [2.75, 3.05) is 31.5 Å². The molecule has 1 unspecified atom stereocenters. The van der Waals surface area contributed by atoms with Gasteiger partial charge >= 0.3 is 0 Å². The molecule has 142 valence electrons. The Morgan fingerprint density at radius 3 is 2.73 bits per heavy atom. The fourth-order valence-electron chi connectivity index (χ4n) is 2.38. The van der Waals surface area contributed by atoms with Crippen LogP contribution in [0.5, 0.6) is 0 Å². The summed E-state index contributed by atoms with van der Waals surface area (Å²) < 4.78 is 5.28. The Morgan fingerprint density at radius 2 is 2.04 bits per heavy atom. The Morgan fingerprint density at radius 1 is 1.19 bits per heavy atom. The quantitative estimate of drug-likeness (QED) is 0.295. The van der Waals surface area contributed by atoms with Crippen molar-refractivity contribution in [2.24, 2.45) is 4.99 Å². The lowest BCUT2D eigenvalue weighted by Crippen LogP contribution is -2.39. The zero-order chi connectivity index (χ0) is 18.7. The smallest absolute Gasteiger partial charge is 0.191 e. The highest BCUT2D eigenvalue weighted by molar-refractivity contribution is 5.79. The van der Waals surface area contributed by atoms with Crippen molar-refractivity contribution in [3.05, 3.63) is 48.6 Å². The van der Waals surface area contributed by atoms with Crippen molar-refractivity contribution in [3.63, 3.8) is 0 Å². The van der Waals surface area contributed by atoms with Gasteiger partial charge in [0.25, 0.3) is 0 Å². The Hall–Kier alpha value is -2.54. The number of aliphatic hydroxyl groups is 1. The molecule has 0 saturated heterocycles.